The van der Waals surface area contributed by atoms with Gasteiger partial charge in [-0.2, -0.15) is 0 Å². The number of hydrogen-bond acceptors (Lipinski definition) is 4. The summed E-state index contributed by atoms with van der Waals surface area (Å²) in [4.78, 5) is 26.1. The summed E-state index contributed by atoms with van der Waals surface area (Å²) in [5.74, 6) is -1.95. The molecule has 2 aliphatic heterocycles. The maximum atomic E-state index is 12.3. The van der Waals surface area contributed by atoms with Crippen LogP contribution in [0.5, 0.6) is 0 Å². The Hall–Kier alpha value is -1.15. The Bertz CT molecular complexity index is 588. The third-order valence-electron chi connectivity index (χ3n) is 4.84. The topological polar surface area (TPSA) is 66.8 Å². The normalized spacial score (nSPS) is 31.0. The molecular weight excluding hydrogens is 397 g/mol. The lowest BCUT2D eigenvalue weighted by Gasteiger charge is -2.40. The van der Waals surface area contributed by atoms with Gasteiger partial charge in [0, 0.05) is 22.1 Å². The predicted octanol–water partition coefficient (Wildman–Crippen LogP) is 2.38. The lowest BCUT2D eigenvalue weighted by Crippen LogP contribution is -2.53. The van der Waals surface area contributed by atoms with E-state index >= 15 is 0 Å². The van der Waals surface area contributed by atoms with Crippen molar-refractivity contribution in [3.63, 3.8) is 0 Å². The van der Waals surface area contributed by atoms with Gasteiger partial charge in [-0.3, -0.25) is 9.69 Å². The van der Waals surface area contributed by atoms with E-state index in [2.05, 4.69) is 27.5 Å². The van der Waals surface area contributed by atoms with Crippen molar-refractivity contribution < 1.29 is 19.4 Å². The first-order valence-electron chi connectivity index (χ1n) is 7.38. The summed E-state index contributed by atoms with van der Waals surface area (Å²) in [5.41, 5.74) is 0.468. The molecule has 4 atom stereocenters. The average Bonchev–Trinajstić information content (AvgIpc) is 2.71. The van der Waals surface area contributed by atoms with Crippen molar-refractivity contribution in [2.45, 2.75) is 37.5 Å². The Balaban J connectivity index is 1.77. The molecule has 0 radical (unpaired) electrons. The zero-order valence-electron chi connectivity index (χ0n) is 12.2. The second-order valence-corrected chi connectivity index (χ2v) is 7.26. The van der Waals surface area contributed by atoms with Gasteiger partial charge in [-0.25, -0.2) is 4.79 Å². The monoisotopic (exact) mass is 415 g/mol. The summed E-state index contributed by atoms with van der Waals surface area (Å²) in [6, 6.07) is 7.38. The molecule has 2 bridgehead atoms. The molecule has 0 unspecified atom stereocenters. The molecule has 118 valence electrons. The van der Waals surface area contributed by atoms with Crippen molar-refractivity contribution >= 4 is 34.5 Å². The molecular formula is C16H18INO4. The molecule has 0 spiro atoms. The minimum atomic E-state index is -0.877. The van der Waals surface area contributed by atoms with Crippen molar-refractivity contribution in [1.82, 2.24) is 4.90 Å². The van der Waals surface area contributed by atoms with Gasteiger partial charge >= 0.3 is 11.9 Å². The summed E-state index contributed by atoms with van der Waals surface area (Å²) in [6.07, 6.45) is 1.89. The third-order valence-corrected chi connectivity index (χ3v) is 5.56. The molecule has 2 saturated heterocycles. The predicted molar refractivity (Wildman–Crippen MR) is 88.7 cm³/mol. The highest BCUT2D eigenvalue weighted by molar-refractivity contribution is 14.1. The average molecular weight is 415 g/mol. The lowest BCUT2D eigenvalue weighted by molar-refractivity contribution is -0.152. The summed E-state index contributed by atoms with van der Waals surface area (Å²) in [7, 11) is 1.97. The largest absolute Gasteiger partial charge is 0.481 e. The molecule has 1 aromatic carbocycles. The molecule has 1 aromatic rings. The van der Waals surface area contributed by atoms with Crippen molar-refractivity contribution in [3.8, 4) is 0 Å². The van der Waals surface area contributed by atoms with Gasteiger partial charge in [0.25, 0.3) is 0 Å². The number of fused-ring (bicyclic) bond motifs is 2. The van der Waals surface area contributed by atoms with E-state index in [0.717, 1.165) is 16.4 Å². The molecule has 0 aromatic heterocycles. The standard InChI is InChI=1S/C16H18INO4/c1-18-11-6-7-12(18)14(15(19)20)13(8-11)22-16(21)9-2-4-10(17)5-3-9/h2-5,11-14H,6-8H2,1H3,(H,19,20)/t11-,12+,13-,14+/m0/s1. The molecule has 2 aliphatic rings. The zero-order valence-corrected chi connectivity index (χ0v) is 14.4. The number of ether oxygens (including phenoxy) is 1. The van der Waals surface area contributed by atoms with Crippen molar-refractivity contribution in [3.05, 3.63) is 33.4 Å². The number of nitrogens with zero attached hydrogens (tertiary/aromatic N) is 1. The van der Waals surface area contributed by atoms with E-state index in [1.807, 2.05) is 19.2 Å². The fraction of sp³-hybridized carbons (Fsp3) is 0.500. The van der Waals surface area contributed by atoms with Crippen LogP contribution < -0.4 is 0 Å². The Labute approximate surface area is 142 Å². The van der Waals surface area contributed by atoms with Gasteiger partial charge in [0.05, 0.1) is 5.56 Å². The van der Waals surface area contributed by atoms with Gasteiger partial charge in [-0.05, 0) is 66.7 Å². The van der Waals surface area contributed by atoms with E-state index in [-0.39, 0.29) is 6.04 Å². The second-order valence-electron chi connectivity index (χ2n) is 6.01. The smallest absolute Gasteiger partial charge is 0.338 e. The van der Waals surface area contributed by atoms with Gasteiger partial charge in [-0.1, -0.05) is 0 Å². The number of esters is 1. The highest BCUT2D eigenvalue weighted by Crippen LogP contribution is 2.39. The second kappa shape index (κ2) is 6.16. The highest BCUT2D eigenvalue weighted by Gasteiger charge is 2.50. The molecule has 0 saturated carbocycles. The number of carboxylic acids is 1. The van der Waals surface area contributed by atoms with Gasteiger partial charge in [0.1, 0.15) is 12.0 Å². The number of carbonyl (C=O) groups is 2. The number of hydrogen-bond donors (Lipinski definition) is 1. The van der Waals surface area contributed by atoms with E-state index in [1.165, 1.54) is 0 Å². The van der Waals surface area contributed by atoms with Crippen LogP contribution >= 0.6 is 22.6 Å². The molecule has 0 aliphatic carbocycles. The minimum Gasteiger partial charge on any atom is -0.481 e. The number of piperidine rings is 1. The van der Waals surface area contributed by atoms with E-state index in [1.54, 1.807) is 12.1 Å². The maximum Gasteiger partial charge on any atom is 0.338 e. The summed E-state index contributed by atoms with van der Waals surface area (Å²) in [5, 5.41) is 9.55. The first-order valence-corrected chi connectivity index (χ1v) is 8.46. The Morgan fingerprint density at radius 1 is 1.27 bits per heavy atom. The molecule has 0 amide bonds. The molecule has 1 N–H and O–H groups in total. The van der Waals surface area contributed by atoms with Crippen molar-refractivity contribution in [1.29, 1.82) is 0 Å². The molecule has 3 rings (SSSR count). The summed E-state index contributed by atoms with van der Waals surface area (Å²) >= 11 is 2.17. The number of carboxylic acid groups (broad SMARTS) is 1. The van der Waals surface area contributed by atoms with Crippen LogP contribution in [-0.2, 0) is 9.53 Å². The fourth-order valence-electron chi connectivity index (χ4n) is 3.66. The number of halogens is 1. The van der Waals surface area contributed by atoms with E-state index in [4.69, 9.17) is 4.74 Å². The Morgan fingerprint density at radius 3 is 2.59 bits per heavy atom. The minimum absolute atomic E-state index is 0.0363. The Kier molecular flexibility index (Phi) is 4.40. The van der Waals surface area contributed by atoms with Crippen molar-refractivity contribution in [2.24, 2.45) is 5.92 Å². The number of rotatable bonds is 3. The first-order chi connectivity index (χ1) is 10.5. The van der Waals surface area contributed by atoms with Crippen LogP contribution in [0.15, 0.2) is 24.3 Å². The summed E-state index contributed by atoms with van der Waals surface area (Å²) in [6.45, 7) is 0. The van der Waals surface area contributed by atoms with Gasteiger partial charge in [0.15, 0.2) is 0 Å². The van der Waals surface area contributed by atoms with Crippen LogP contribution in [0.1, 0.15) is 29.6 Å². The molecule has 6 heteroatoms. The van der Waals surface area contributed by atoms with Crippen LogP contribution in [0.2, 0.25) is 0 Å². The number of aliphatic carboxylic acids is 1. The van der Waals surface area contributed by atoms with Gasteiger partial charge < -0.3 is 9.84 Å². The third kappa shape index (κ3) is 2.86. The molecule has 2 fully saturated rings. The van der Waals surface area contributed by atoms with Crippen LogP contribution in [-0.4, -0.2) is 47.2 Å². The molecule has 22 heavy (non-hydrogen) atoms. The van der Waals surface area contributed by atoms with Crippen LogP contribution in [0.4, 0.5) is 0 Å². The van der Waals surface area contributed by atoms with Gasteiger partial charge in [0.2, 0.25) is 0 Å². The maximum absolute atomic E-state index is 12.3. The van der Waals surface area contributed by atoms with Crippen LogP contribution in [0, 0.1) is 9.49 Å². The molecule has 2 heterocycles. The number of benzene rings is 1. The quantitative estimate of drug-likeness (QED) is 0.607. The molecule has 5 nitrogen and oxygen atoms in total. The Morgan fingerprint density at radius 2 is 1.95 bits per heavy atom. The van der Waals surface area contributed by atoms with E-state index in [0.29, 0.717) is 18.0 Å². The zero-order chi connectivity index (χ0) is 15.9. The van der Waals surface area contributed by atoms with Crippen molar-refractivity contribution in [2.75, 3.05) is 7.05 Å². The van der Waals surface area contributed by atoms with Crippen LogP contribution in [0.3, 0.4) is 0 Å². The highest BCUT2D eigenvalue weighted by atomic mass is 127. The van der Waals surface area contributed by atoms with E-state index < -0.39 is 24.0 Å². The lowest BCUT2D eigenvalue weighted by atomic mass is 9.87. The SMILES string of the molecule is CN1[C@H]2CC[C@@H]1[C@@H](C(=O)O)[C@@H](OC(=O)c1ccc(I)cc1)C2. The van der Waals surface area contributed by atoms with E-state index in [9.17, 15) is 14.7 Å². The van der Waals surface area contributed by atoms with Crippen LogP contribution in [0.25, 0.3) is 0 Å². The first kappa shape index (κ1) is 15.7. The van der Waals surface area contributed by atoms with Gasteiger partial charge in [-0.15, -0.1) is 0 Å². The summed E-state index contributed by atoms with van der Waals surface area (Å²) < 4.78 is 6.61. The number of carbonyl (C=O) groups excluding carboxylic acids is 1. The fourth-order valence-corrected chi connectivity index (χ4v) is 4.02.